The van der Waals surface area contributed by atoms with Gasteiger partial charge in [0.1, 0.15) is 0 Å². The number of carbonyl (C=O) groups excluding carboxylic acids is 1. The van der Waals surface area contributed by atoms with Gasteiger partial charge in [-0.3, -0.25) is 9.69 Å². The molecule has 1 saturated carbocycles. The van der Waals surface area contributed by atoms with Gasteiger partial charge in [0, 0.05) is 12.6 Å². The Morgan fingerprint density at radius 3 is 2.63 bits per heavy atom. The molecule has 1 fully saturated rings. The molecule has 0 radical (unpaired) electrons. The lowest BCUT2D eigenvalue weighted by molar-refractivity contribution is -0.122. The first kappa shape index (κ1) is 16.4. The van der Waals surface area contributed by atoms with Gasteiger partial charge in [-0.2, -0.15) is 0 Å². The molecule has 1 amide bonds. The Morgan fingerprint density at radius 1 is 1.32 bits per heavy atom. The molecule has 0 aromatic carbocycles. The van der Waals surface area contributed by atoms with Crippen molar-refractivity contribution in [3.8, 4) is 0 Å². The highest BCUT2D eigenvalue weighted by atomic mass is 16.2. The maximum Gasteiger partial charge on any atom is 0.234 e. The van der Waals surface area contributed by atoms with E-state index in [0.29, 0.717) is 24.4 Å². The second kappa shape index (κ2) is 8.54. The van der Waals surface area contributed by atoms with E-state index in [9.17, 15) is 4.79 Å². The Kier molecular flexibility index (Phi) is 7.39. The maximum absolute atomic E-state index is 11.9. The zero-order chi connectivity index (χ0) is 14.3. The van der Waals surface area contributed by atoms with Gasteiger partial charge in [-0.15, -0.1) is 0 Å². The molecule has 3 N–H and O–H groups in total. The fourth-order valence-corrected chi connectivity index (χ4v) is 2.94. The average Bonchev–Trinajstić information content (AvgIpc) is 2.61. The average molecular weight is 269 g/mol. The van der Waals surface area contributed by atoms with Crippen LogP contribution in [0.15, 0.2) is 0 Å². The van der Waals surface area contributed by atoms with Crippen LogP contribution in [0, 0.1) is 11.8 Å². The predicted molar refractivity (Wildman–Crippen MR) is 79.9 cm³/mol. The highest BCUT2D eigenvalue weighted by Gasteiger charge is 2.26. The summed E-state index contributed by atoms with van der Waals surface area (Å²) in [5.41, 5.74) is 5.90. The van der Waals surface area contributed by atoms with Crippen LogP contribution in [0.3, 0.4) is 0 Å². The SMILES string of the molecule is CC(C)CNC(=O)CN(C)C1CCCCCC1CN. The van der Waals surface area contributed by atoms with Crippen LogP contribution in [0.1, 0.15) is 46.0 Å². The molecule has 2 unspecified atom stereocenters. The van der Waals surface area contributed by atoms with Crippen LogP contribution in [0.5, 0.6) is 0 Å². The molecule has 4 heteroatoms. The van der Waals surface area contributed by atoms with Crippen LogP contribution in [0.2, 0.25) is 0 Å². The minimum atomic E-state index is 0.135. The Bertz CT molecular complexity index is 268. The maximum atomic E-state index is 11.9. The Balaban J connectivity index is 2.44. The largest absolute Gasteiger partial charge is 0.355 e. The summed E-state index contributed by atoms with van der Waals surface area (Å²) in [6.45, 7) is 6.22. The summed E-state index contributed by atoms with van der Waals surface area (Å²) >= 11 is 0. The van der Waals surface area contributed by atoms with Crippen LogP contribution in [-0.4, -0.2) is 43.5 Å². The molecule has 2 atom stereocenters. The second-order valence-electron chi connectivity index (χ2n) is 6.31. The molecule has 4 nitrogen and oxygen atoms in total. The van der Waals surface area contributed by atoms with Crippen molar-refractivity contribution in [3.63, 3.8) is 0 Å². The molecule has 0 aromatic rings. The number of nitrogens with two attached hydrogens (primary N) is 1. The van der Waals surface area contributed by atoms with Crippen molar-refractivity contribution in [3.05, 3.63) is 0 Å². The van der Waals surface area contributed by atoms with Gasteiger partial charge in [0.25, 0.3) is 0 Å². The summed E-state index contributed by atoms with van der Waals surface area (Å²) in [5.74, 6) is 1.19. The topological polar surface area (TPSA) is 58.4 Å². The fourth-order valence-electron chi connectivity index (χ4n) is 2.94. The van der Waals surface area contributed by atoms with E-state index in [4.69, 9.17) is 5.73 Å². The number of rotatable bonds is 6. The van der Waals surface area contributed by atoms with Gasteiger partial charge in [-0.25, -0.2) is 0 Å². The number of nitrogens with zero attached hydrogens (tertiary/aromatic N) is 1. The molecule has 19 heavy (non-hydrogen) atoms. The summed E-state index contributed by atoms with van der Waals surface area (Å²) in [6.07, 6.45) is 6.24. The zero-order valence-corrected chi connectivity index (χ0v) is 12.8. The van der Waals surface area contributed by atoms with Gasteiger partial charge in [0.15, 0.2) is 0 Å². The number of likely N-dealkylation sites (N-methyl/N-ethyl adjacent to an activating group) is 1. The van der Waals surface area contributed by atoms with Crippen LogP contribution < -0.4 is 11.1 Å². The predicted octanol–water partition coefficient (Wildman–Crippen LogP) is 1.60. The van der Waals surface area contributed by atoms with Crippen molar-refractivity contribution >= 4 is 5.91 Å². The second-order valence-corrected chi connectivity index (χ2v) is 6.31. The van der Waals surface area contributed by atoms with E-state index in [0.717, 1.165) is 13.1 Å². The first-order chi connectivity index (χ1) is 9.04. The standard InChI is InChI=1S/C15H31N3O/c1-12(2)10-17-15(19)11-18(3)14-8-6-4-5-7-13(14)9-16/h12-14H,4-11,16H2,1-3H3,(H,17,19). The normalized spacial score (nSPS) is 24.5. The highest BCUT2D eigenvalue weighted by molar-refractivity contribution is 5.78. The quantitative estimate of drug-likeness (QED) is 0.720. The monoisotopic (exact) mass is 269 g/mol. The molecule has 112 valence electrons. The molecule has 1 aliphatic rings. The third-order valence-corrected chi connectivity index (χ3v) is 4.09. The summed E-state index contributed by atoms with van der Waals surface area (Å²) in [4.78, 5) is 14.1. The Morgan fingerprint density at radius 2 is 2.00 bits per heavy atom. The van der Waals surface area contributed by atoms with Gasteiger partial charge in [0.05, 0.1) is 6.54 Å². The minimum Gasteiger partial charge on any atom is -0.355 e. The number of carbonyl (C=O) groups is 1. The van der Waals surface area contributed by atoms with E-state index in [1.165, 1.54) is 32.1 Å². The van der Waals surface area contributed by atoms with Gasteiger partial charge in [-0.1, -0.05) is 33.1 Å². The summed E-state index contributed by atoms with van der Waals surface area (Å²) in [6, 6.07) is 0.470. The summed E-state index contributed by atoms with van der Waals surface area (Å²) in [5, 5.41) is 2.99. The lowest BCUT2D eigenvalue weighted by atomic mass is 9.94. The van der Waals surface area contributed by atoms with E-state index in [2.05, 4.69) is 31.1 Å². The first-order valence-corrected chi connectivity index (χ1v) is 7.71. The van der Waals surface area contributed by atoms with Gasteiger partial charge in [0.2, 0.25) is 5.91 Å². The molecule has 0 aromatic heterocycles. The number of nitrogens with one attached hydrogen (secondary N) is 1. The van der Waals surface area contributed by atoms with Crippen molar-refractivity contribution in [2.24, 2.45) is 17.6 Å². The van der Waals surface area contributed by atoms with Crippen molar-refractivity contribution in [2.45, 2.75) is 52.0 Å². The number of hydrogen-bond acceptors (Lipinski definition) is 3. The van der Waals surface area contributed by atoms with Gasteiger partial charge >= 0.3 is 0 Å². The van der Waals surface area contributed by atoms with Crippen molar-refractivity contribution in [1.82, 2.24) is 10.2 Å². The van der Waals surface area contributed by atoms with Crippen molar-refractivity contribution in [1.29, 1.82) is 0 Å². The summed E-state index contributed by atoms with van der Waals surface area (Å²) in [7, 11) is 2.06. The van der Waals surface area contributed by atoms with Crippen LogP contribution >= 0.6 is 0 Å². The molecular formula is C15H31N3O. The number of amides is 1. The van der Waals surface area contributed by atoms with E-state index in [1.807, 2.05) is 0 Å². The van der Waals surface area contributed by atoms with Crippen molar-refractivity contribution in [2.75, 3.05) is 26.7 Å². The van der Waals surface area contributed by atoms with E-state index in [-0.39, 0.29) is 5.91 Å². The van der Waals surface area contributed by atoms with E-state index < -0.39 is 0 Å². The zero-order valence-electron chi connectivity index (χ0n) is 12.8. The molecule has 0 bridgehead atoms. The fraction of sp³-hybridized carbons (Fsp3) is 0.933. The number of hydrogen-bond donors (Lipinski definition) is 2. The minimum absolute atomic E-state index is 0.135. The lowest BCUT2D eigenvalue weighted by Gasteiger charge is -2.32. The summed E-state index contributed by atoms with van der Waals surface area (Å²) < 4.78 is 0. The third-order valence-electron chi connectivity index (χ3n) is 4.09. The molecule has 1 rings (SSSR count). The van der Waals surface area contributed by atoms with E-state index >= 15 is 0 Å². The molecule has 0 spiro atoms. The molecule has 0 heterocycles. The van der Waals surface area contributed by atoms with Crippen LogP contribution in [0.4, 0.5) is 0 Å². The lowest BCUT2D eigenvalue weighted by Crippen LogP contribution is -2.45. The highest BCUT2D eigenvalue weighted by Crippen LogP contribution is 2.25. The molecule has 0 saturated heterocycles. The third kappa shape index (κ3) is 5.91. The van der Waals surface area contributed by atoms with Gasteiger partial charge < -0.3 is 11.1 Å². The smallest absolute Gasteiger partial charge is 0.234 e. The molecular weight excluding hydrogens is 238 g/mol. The molecule has 0 aliphatic heterocycles. The van der Waals surface area contributed by atoms with E-state index in [1.54, 1.807) is 0 Å². The van der Waals surface area contributed by atoms with Crippen molar-refractivity contribution < 1.29 is 4.79 Å². The Labute approximate surface area is 118 Å². The van der Waals surface area contributed by atoms with Crippen LogP contribution in [-0.2, 0) is 4.79 Å². The van der Waals surface area contributed by atoms with Crippen LogP contribution in [0.25, 0.3) is 0 Å². The van der Waals surface area contributed by atoms with Gasteiger partial charge in [-0.05, 0) is 38.3 Å². The first-order valence-electron chi connectivity index (χ1n) is 7.71. The Hall–Kier alpha value is -0.610. The molecule has 1 aliphatic carbocycles.